The minimum atomic E-state index is 0.554. The van der Waals surface area contributed by atoms with E-state index in [1.165, 1.54) is 6.33 Å². The molecule has 2 aromatic heterocycles. The van der Waals surface area contributed by atoms with Crippen LogP contribution in [0.25, 0.3) is 22.3 Å². The van der Waals surface area contributed by atoms with E-state index >= 15 is 0 Å². The summed E-state index contributed by atoms with van der Waals surface area (Å²) in [7, 11) is 1.96. The Morgan fingerprint density at radius 2 is 1.89 bits per heavy atom. The number of nitrogens with zero attached hydrogens (tertiary/aromatic N) is 4. The molecule has 1 aliphatic carbocycles. The van der Waals surface area contributed by atoms with Crippen LogP contribution in [0.5, 0.6) is 0 Å². The van der Waals surface area contributed by atoms with Crippen LogP contribution in [0.2, 0.25) is 0 Å². The van der Waals surface area contributed by atoms with Crippen molar-refractivity contribution in [2.45, 2.75) is 6.42 Å². The molecule has 0 fully saturated rings. The van der Waals surface area contributed by atoms with Crippen LogP contribution in [-0.4, -0.2) is 14.5 Å². The van der Waals surface area contributed by atoms with Crippen molar-refractivity contribution in [2.24, 2.45) is 7.05 Å². The molecule has 0 atom stereocenters. The van der Waals surface area contributed by atoms with E-state index in [0.29, 0.717) is 27.9 Å². The lowest BCUT2D eigenvalue weighted by Gasteiger charge is -2.09. The summed E-state index contributed by atoms with van der Waals surface area (Å²) in [5.41, 5.74) is 4.31. The summed E-state index contributed by atoms with van der Waals surface area (Å²) in [4.78, 5) is 8.84. The molecule has 138 valence electrons. The summed E-state index contributed by atoms with van der Waals surface area (Å²) >= 11 is 12.3. The van der Waals surface area contributed by atoms with Gasteiger partial charge >= 0.3 is 0 Å². The van der Waals surface area contributed by atoms with E-state index in [-0.39, 0.29) is 0 Å². The number of benzene rings is 1. The molecule has 2 heterocycles. The number of anilines is 1. The van der Waals surface area contributed by atoms with E-state index < -0.39 is 0 Å². The Morgan fingerprint density at radius 3 is 2.64 bits per heavy atom. The second-order valence-corrected chi connectivity index (χ2v) is 7.23. The van der Waals surface area contributed by atoms with Gasteiger partial charge in [-0.15, -0.1) is 0 Å². The highest BCUT2D eigenvalue weighted by atomic mass is 35.5. The summed E-state index contributed by atoms with van der Waals surface area (Å²) in [5, 5.41) is 14.4. The topological polar surface area (TPSA) is 66.5 Å². The predicted octanol–water partition coefficient (Wildman–Crippen LogP) is 5.45. The fourth-order valence-corrected chi connectivity index (χ4v) is 3.63. The van der Waals surface area contributed by atoms with Crippen molar-refractivity contribution in [2.75, 3.05) is 5.32 Å². The average molecular weight is 408 g/mol. The number of allylic oxidation sites excluding steroid dienone is 5. The fraction of sp³-hybridized carbons (Fsp3) is 0.0952. The van der Waals surface area contributed by atoms with E-state index in [9.17, 15) is 0 Å². The maximum atomic E-state index is 9.00. The van der Waals surface area contributed by atoms with Crippen molar-refractivity contribution in [1.82, 2.24) is 14.5 Å². The number of fused-ring (bicyclic) bond motifs is 1. The monoisotopic (exact) mass is 407 g/mol. The zero-order chi connectivity index (χ0) is 19.7. The SMILES string of the molecule is Cn1c(-c2ccc(C#N)cc2)cc2c(NC3=CC(Cl)=CC(Cl)=CC3)ncnc21. The molecular weight excluding hydrogens is 393 g/mol. The summed E-state index contributed by atoms with van der Waals surface area (Å²) < 4.78 is 2.01. The van der Waals surface area contributed by atoms with E-state index in [4.69, 9.17) is 28.5 Å². The number of hydrogen-bond donors (Lipinski definition) is 1. The molecule has 0 saturated heterocycles. The van der Waals surface area contributed by atoms with Gasteiger partial charge in [0, 0.05) is 29.2 Å². The van der Waals surface area contributed by atoms with Crippen molar-refractivity contribution < 1.29 is 0 Å². The summed E-state index contributed by atoms with van der Waals surface area (Å²) in [5.74, 6) is 0.697. The maximum Gasteiger partial charge on any atom is 0.145 e. The first kappa shape index (κ1) is 18.3. The normalized spacial score (nSPS) is 14.0. The minimum Gasteiger partial charge on any atom is -0.343 e. The summed E-state index contributed by atoms with van der Waals surface area (Å²) in [6.07, 6.45) is 7.59. The second-order valence-electron chi connectivity index (χ2n) is 6.35. The van der Waals surface area contributed by atoms with Crippen molar-refractivity contribution in [1.29, 1.82) is 5.26 Å². The van der Waals surface area contributed by atoms with Crippen LogP contribution >= 0.6 is 23.2 Å². The van der Waals surface area contributed by atoms with Crippen LogP contribution in [-0.2, 0) is 7.05 Å². The smallest absolute Gasteiger partial charge is 0.145 e. The Morgan fingerprint density at radius 1 is 1.11 bits per heavy atom. The second kappa shape index (κ2) is 7.51. The standard InChI is InChI=1S/C21H15Cl2N5/c1-28-19(14-4-2-13(11-24)3-5-14)10-18-20(25-12-26-21(18)28)27-17-7-6-15(22)8-16(23)9-17/h2-6,8-10,12H,7H2,1H3,(H,25,26,27). The number of aromatic nitrogens is 3. The fourth-order valence-electron chi connectivity index (χ4n) is 3.13. The molecule has 0 spiro atoms. The largest absolute Gasteiger partial charge is 0.343 e. The Balaban J connectivity index is 1.75. The zero-order valence-electron chi connectivity index (χ0n) is 14.9. The molecule has 7 heteroatoms. The highest BCUT2D eigenvalue weighted by Crippen LogP contribution is 2.31. The Kier molecular flexibility index (Phi) is 4.91. The molecule has 0 amide bonds. The third-order valence-corrected chi connectivity index (χ3v) is 5.00. The highest BCUT2D eigenvalue weighted by molar-refractivity contribution is 6.35. The lowest BCUT2D eigenvalue weighted by atomic mass is 10.1. The quantitative estimate of drug-likeness (QED) is 0.626. The lowest BCUT2D eigenvalue weighted by Crippen LogP contribution is -2.02. The van der Waals surface area contributed by atoms with Gasteiger partial charge in [-0.1, -0.05) is 41.4 Å². The molecule has 1 aliphatic rings. The van der Waals surface area contributed by atoms with Crippen LogP contribution in [0.1, 0.15) is 12.0 Å². The van der Waals surface area contributed by atoms with Crippen LogP contribution in [0.4, 0.5) is 5.82 Å². The molecule has 4 rings (SSSR count). The third-order valence-electron chi connectivity index (χ3n) is 4.52. The summed E-state index contributed by atoms with van der Waals surface area (Å²) in [6.45, 7) is 0. The van der Waals surface area contributed by atoms with Crippen LogP contribution in [0.3, 0.4) is 0 Å². The first-order valence-corrected chi connectivity index (χ1v) is 9.32. The molecule has 3 aromatic rings. The van der Waals surface area contributed by atoms with Gasteiger partial charge in [-0.25, -0.2) is 9.97 Å². The third kappa shape index (κ3) is 3.53. The van der Waals surface area contributed by atoms with E-state index in [2.05, 4.69) is 21.4 Å². The van der Waals surface area contributed by atoms with Gasteiger partial charge < -0.3 is 9.88 Å². The van der Waals surface area contributed by atoms with Gasteiger partial charge in [0.2, 0.25) is 0 Å². The first-order chi connectivity index (χ1) is 13.5. The molecule has 0 saturated carbocycles. The average Bonchev–Trinajstić information content (AvgIpc) is 2.94. The van der Waals surface area contributed by atoms with Crippen LogP contribution < -0.4 is 5.32 Å². The minimum absolute atomic E-state index is 0.554. The van der Waals surface area contributed by atoms with Gasteiger partial charge in [0.15, 0.2) is 0 Å². The molecular formula is C21H15Cl2N5. The van der Waals surface area contributed by atoms with Crippen molar-refractivity contribution in [3.8, 4) is 17.3 Å². The molecule has 0 unspecified atom stereocenters. The Labute approximate surface area is 172 Å². The number of rotatable bonds is 3. The molecule has 5 nitrogen and oxygen atoms in total. The Hall–Kier alpha value is -3.07. The van der Waals surface area contributed by atoms with Gasteiger partial charge in [0.05, 0.1) is 22.7 Å². The van der Waals surface area contributed by atoms with E-state index in [1.807, 2.05) is 42.0 Å². The van der Waals surface area contributed by atoms with Gasteiger partial charge in [0.25, 0.3) is 0 Å². The van der Waals surface area contributed by atoms with Gasteiger partial charge in [-0.3, -0.25) is 0 Å². The highest BCUT2D eigenvalue weighted by Gasteiger charge is 2.14. The number of halogens is 2. The maximum absolute atomic E-state index is 9.00. The number of hydrogen-bond acceptors (Lipinski definition) is 4. The van der Waals surface area contributed by atoms with E-state index in [1.54, 1.807) is 18.2 Å². The Bertz CT molecular complexity index is 1190. The van der Waals surface area contributed by atoms with Gasteiger partial charge in [0.1, 0.15) is 17.8 Å². The number of nitriles is 1. The van der Waals surface area contributed by atoms with Gasteiger partial charge in [-0.2, -0.15) is 5.26 Å². The first-order valence-electron chi connectivity index (χ1n) is 8.56. The number of nitrogens with one attached hydrogen (secondary N) is 1. The number of aryl methyl sites for hydroxylation is 1. The molecule has 0 bridgehead atoms. The van der Waals surface area contributed by atoms with Crippen LogP contribution in [0.15, 0.2) is 70.6 Å². The zero-order valence-corrected chi connectivity index (χ0v) is 16.5. The van der Waals surface area contributed by atoms with E-state index in [0.717, 1.165) is 28.0 Å². The molecule has 1 aromatic carbocycles. The van der Waals surface area contributed by atoms with Crippen molar-refractivity contribution in [3.05, 3.63) is 76.2 Å². The van der Waals surface area contributed by atoms with Crippen molar-refractivity contribution >= 4 is 40.1 Å². The molecule has 0 aliphatic heterocycles. The molecule has 0 radical (unpaired) electrons. The summed E-state index contributed by atoms with van der Waals surface area (Å²) in [6, 6.07) is 11.6. The molecule has 1 N–H and O–H groups in total. The van der Waals surface area contributed by atoms with Crippen molar-refractivity contribution in [3.63, 3.8) is 0 Å². The molecule has 28 heavy (non-hydrogen) atoms. The van der Waals surface area contributed by atoms with Crippen LogP contribution in [0, 0.1) is 11.3 Å². The lowest BCUT2D eigenvalue weighted by molar-refractivity contribution is 0.952. The predicted molar refractivity (Wildman–Crippen MR) is 113 cm³/mol. The van der Waals surface area contributed by atoms with Gasteiger partial charge in [-0.05, 0) is 35.9 Å².